The number of nitrogens with zero attached hydrogens (tertiary/aromatic N) is 2. The summed E-state index contributed by atoms with van der Waals surface area (Å²) in [6.07, 6.45) is 0.379. The largest absolute Gasteiger partial charge is 0.457 e. The van der Waals surface area contributed by atoms with Gasteiger partial charge in [-0.2, -0.15) is 10.5 Å². The Hall–Kier alpha value is -2.98. The number of benzene rings is 2. The third-order valence-electron chi connectivity index (χ3n) is 2.59. The van der Waals surface area contributed by atoms with Gasteiger partial charge in [-0.15, -0.1) is 0 Å². The van der Waals surface area contributed by atoms with Crippen molar-refractivity contribution in [3.63, 3.8) is 0 Å². The minimum atomic E-state index is 0.379. The smallest absolute Gasteiger partial charge is 0.129 e. The van der Waals surface area contributed by atoms with Crippen molar-refractivity contribution in [3.8, 4) is 23.6 Å². The van der Waals surface area contributed by atoms with Crippen molar-refractivity contribution in [3.05, 3.63) is 53.6 Å². The number of rotatable bonds is 3. The van der Waals surface area contributed by atoms with Crippen molar-refractivity contribution in [1.29, 1.82) is 10.5 Å². The van der Waals surface area contributed by atoms with Gasteiger partial charge in [-0.1, -0.05) is 12.1 Å². The van der Waals surface area contributed by atoms with Gasteiger partial charge in [-0.3, -0.25) is 0 Å². The van der Waals surface area contributed by atoms with Crippen LogP contribution in [0.3, 0.4) is 0 Å². The Morgan fingerprint density at radius 2 is 1.68 bits per heavy atom. The highest BCUT2D eigenvalue weighted by atomic mass is 16.5. The van der Waals surface area contributed by atoms with Crippen LogP contribution in [0.15, 0.2) is 42.5 Å². The molecule has 0 amide bonds. The van der Waals surface area contributed by atoms with E-state index in [0.29, 0.717) is 29.2 Å². The first-order valence-electron chi connectivity index (χ1n) is 5.66. The Bertz CT molecular complexity index is 663. The zero-order chi connectivity index (χ0) is 13.7. The second kappa shape index (κ2) is 5.57. The topological polar surface area (TPSA) is 82.8 Å². The van der Waals surface area contributed by atoms with E-state index in [1.54, 1.807) is 30.3 Å². The molecule has 0 heterocycles. The number of nitrogen functional groups attached to an aromatic ring is 1. The summed E-state index contributed by atoms with van der Waals surface area (Å²) < 4.78 is 5.62. The maximum atomic E-state index is 8.78. The molecule has 2 N–H and O–H groups in total. The molecule has 2 aromatic carbocycles. The van der Waals surface area contributed by atoms with Gasteiger partial charge in [0.05, 0.1) is 23.7 Å². The Morgan fingerprint density at radius 1 is 1.00 bits per heavy atom. The zero-order valence-corrected chi connectivity index (χ0v) is 10.1. The van der Waals surface area contributed by atoms with Crippen molar-refractivity contribution in [2.75, 3.05) is 5.73 Å². The summed E-state index contributed by atoms with van der Waals surface area (Å²) in [6.45, 7) is 0. The highest BCUT2D eigenvalue weighted by molar-refractivity contribution is 5.57. The van der Waals surface area contributed by atoms with Gasteiger partial charge in [-0.25, -0.2) is 0 Å². The molecule has 0 saturated carbocycles. The number of anilines is 1. The van der Waals surface area contributed by atoms with Crippen molar-refractivity contribution in [2.24, 2.45) is 0 Å². The van der Waals surface area contributed by atoms with Crippen LogP contribution in [0.2, 0.25) is 0 Å². The first-order chi connectivity index (χ1) is 9.22. The number of ether oxygens (including phenoxy) is 1. The molecular formula is C15H11N3O. The molecule has 0 bridgehead atoms. The first kappa shape index (κ1) is 12.5. The monoisotopic (exact) mass is 249 g/mol. The molecule has 4 heteroatoms. The predicted molar refractivity (Wildman–Crippen MR) is 71.4 cm³/mol. The van der Waals surface area contributed by atoms with Gasteiger partial charge in [0.2, 0.25) is 0 Å². The zero-order valence-electron chi connectivity index (χ0n) is 10.1. The van der Waals surface area contributed by atoms with Gasteiger partial charge in [-0.05, 0) is 29.8 Å². The van der Waals surface area contributed by atoms with Crippen LogP contribution in [0.5, 0.6) is 11.5 Å². The maximum Gasteiger partial charge on any atom is 0.129 e. The predicted octanol–water partition coefficient (Wildman–Crippen LogP) is 3.00. The Kier molecular flexibility index (Phi) is 3.66. The molecule has 0 radical (unpaired) electrons. The van der Waals surface area contributed by atoms with Crippen molar-refractivity contribution >= 4 is 5.69 Å². The van der Waals surface area contributed by atoms with E-state index in [1.165, 1.54) is 0 Å². The first-order valence-corrected chi connectivity index (χ1v) is 5.66. The minimum Gasteiger partial charge on any atom is -0.457 e. The van der Waals surface area contributed by atoms with Gasteiger partial charge in [0.1, 0.15) is 17.6 Å². The molecule has 2 aromatic rings. The molecule has 0 aliphatic rings. The molecule has 19 heavy (non-hydrogen) atoms. The van der Waals surface area contributed by atoms with E-state index in [-0.39, 0.29) is 0 Å². The van der Waals surface area contributed by atoms with Crippen LogP contribution >= 0.6 is 0 Å². The average Bonchev–Trinajstić information content (AvgIpc) is 2.42. The van der Waals surface area contributed by atoms with E-state index in [0.717, 1.165) is 5.56 Å². The van der Waals surface area contributed by atoms with Crippen molar-refractivity contribution in [2.45, 2.75) is 6.42 Å². The lowest BCUT2D eigenvalue weighted by Crippen LogP contribution is -1.92. The Balaban J connectivity index is 2.15. The van der Waals surface area contributed by atoms with E-state index >= 15 is 0 Å². The Morgan fingerprint density at radius 3 is 2.26 bits per heavy atom. The lowest BCUT2D eigenvalue weighted by atomic mass is 10.1. The highest BCUT2D eigenvalue weighted by Gasteiger charge is 2.02. The quantitative estimate of drug-likeness (QED) is 0.847. The van der Waals surface area contributed by atoms with E-state index in [4.69, 9.17) is 21.0 Å². The molecular weight excluding hydrogens is 238 g/mol. The normalized spacial score (nSPS) is 9.37. The minimum absolute atomic E-state index is 0.379. The molecule has 0 aliphatic carbocycles. The number of hydrogen-bond acceptors (Lipinski definition) is 4. The van der Waals surface area contributed by atoms with E-state index in [2.05, 4.69) is 6.07 Å². The van der Waals surface area contributed by atoms with Crippen molar-refractivity contribution < 1.29 is 4.74 Å². The van der Waals surface area contributed by atoms with Crippen LogP contribution in [-0.4, -0.2) is 0 Å². The second-order valence-electron chi connectivity index (χ2n) is 3.94. The molecule has 2 rings (SSSR count). The second-order valence-corrected chi connectivity index (χ2v) is 3.94. The Labute approximate surface area is 111 Å². The third-order valence-corrected chi connectivity index (χ3v) is 2.59. The van der Waals surface area contributed by atoms with E-state index in [1.807, 2.05) is 18.2 Å². The number of nitrogens with two attached hydrogens (primary N) is 1. The number of nitriles is 2. The summed E-state index contributed by atoms with van der Waals surface area (Å²) in [5, 5.41) is 17.4. The molecule has 0 atom stereocenters. The summed E-state index contributed by atoms with van der Waals surface area (Å²) in [7, 11) is 0. The van der Waals surface area contributed by atoms with Gasteiger partial charge < -0.3 is 10.5 Å². The van der Waals surface area contributed by atoms with Gasteiger partial charge in [0, 0.05) is 6.07 Å². The van der Waals surface area contributed by atoms with Crippen LogP contribution < -0.4 is 10.5 Å². The van der Waals surface area contributed by atoms with Crippen LogP contribution in [0, 0.1) is 22.7 Å². The highest BCUT2D eigenvalue weighted by Crippen LogP contribution is 2.25. The molecule has 0 aliphatic heterocycles. The third kappa shape index (κ3) is 3.02. The van der Waals surface area contributed by atoms with Crippen LogP contribution in [0.1, 0.15) is 11.1 Å². The average molecular weight is 249 g/mol. The van der Waals surface area contributed by atoms with Crippen LogP contribution in [-0.2, 0) is 6.42 Å². The van der Waals surface area contributed by atoms with E-state index < -0.39 is 0 Å². The fourth-order valence-electron chi connectivity index (χ4n) is 1.61. The van der Waals surface area contributed by atoms with Crippen molar-refractivity contribution in [1.82, 2.24) is 0 Å². The summed E-state index contributed by atoms with van der Waals surface area (Å²) in [5.74, 6) is 1.23. The van der Waals surface area contributed by atoms with E-state index in [9.17, 15) is 0 Å². The van der Waals surface area contributed by atoms with Gasteiger partial charge in [0.15, 0.2) is 0 Å². The summed E-state index contributed by atoms with van der Waals surface area (Å²) >= 11 is 0. The molecule has 0 saturated heterocycles. The lowest BCUT2D eigenvalue weighted by Gasteiger charge is -2.07. The molecule has 0 aromatic heterocycles. The summed E-state index contributed by atoms with van der Waals surface area (Å²) in [6, 6.07) is 16.3. The molecule has 92 valence electrons. The fourth-order valence-corrected chi connectivity index (χ4v) is 1.61. The summed E-state index contributed by atoms with van der Waals surface area (Å²) in [4.78, 5) is 0. The maximum absolute atomic E-state index is 8.78. The standard InChI is InChI=1S/C15H11N3O/c16-8-7-11-1-4-13(5-2-11)19-14-6-3-12(10-17)15(18)9-14/h1-6,9H,7,18H2. The van der Waals surface area contributed by atoms with Crippen LogP contribution in [0.4, 0.5) is 5.69 Å². The summed E-state index contributed by atoms with van der Waals surface area (Å²) in [5.41, 5.74) is 7.47. The molecule has 0 unspecified atom stereocenters. The van der Waals surface area contributed by atoms with Gasteiger partial charge in [0.25, 0.3) is 0 Å². The SMILES string of the molecule is N#CCc1ccc(Oc2ccc(C#N)c(N)c2)cc1. The molecule has 0 fully saturated rings. The molecule has 4 nitrogen and oxygen atoms in total. The lowest BCUT2D eigenvalue weighted by molar-refractivity contribution is 0.483. The number of hydrogen-bond donors (Lipinski definition) is 1. The molecule has 0 spiro atoms. The fraction of sp³-hybridized carbons (Fsp3) is 0.0667. The van der Waals surface area contributed by atoms with Crippen LogP contribution in [0.25, 0.3) is 0 Å². The van der Waals surface area contributed by atoms with Gasteiger partial charge >= 0.3 is 0 Å².